The minimum absolute atomic E-state index is 0.0894. The summed E-state index contributed by atoms with van der Waals surface area (Å²) in [6, 6.07) is 13.2. The Hall–Kier alpha value is -3.29. The van der Waals surface area contributed by atoms with Gasteiger partial charge in [0.2, 0.25) is 5.91 Å². The Morgan fingerprint density at radius 3 is 2.59 bits per heavy atom. The standard InChI is InChI=1S/C19H17N5O3S2/c1-13-18(29(26,27)22-12-20)28-19(23-13)24(2)17(25)11-14-6-8-15(9-7-14)16-5-3-4-10-21-16/h3-10,22H,11H2,1-2H3. The van der Waals surface area contributed by atoms with Crippen LogP contribution in [0, 0.1) is 18.4 Å². The highest BCUT2D eigenvalue weighted by atomic mass is 32.2. The van der Waals surface area contributed by atoms with Gasteiger partial charge in [-0.05, 0) is 24.6 Å². The van der Waals surface area contributed by atoms with E-state index in [1.165, 1.54) is 25.1 Å². The predicted octanol–water partition coefficient (Wildman–Crippen LogP) is 2.48. The molecule has 8 nitrogen and oxygen atoms in total. The summed E-state index contributed by atoms with van der Waals surface area (Å²) in [5, 5.41) is 8.84. The third-order valence-corrected chi connectivity index (χ3v) is 7.18. The number of rotatable bonds is 6. The third-order valence-electron chi connectivity index (χ3n) is 4.10. The molecule has 0 bridgehead atoms. The summed E-state index contributed by atoms with van der Waals surface area (Å²) in [4.78, 5) is 22.4. The monoisotopic (exact) mass is 427 g/mol. The minimum atomic E-state index is -3.97. The number of carbonyl (C=O) groups excluding carboxylic acids is 1. The molecule has 1 N–H and O–H groups in total. The van der Waals surface area contributed by atoms with Crippen LogP contribution in [0.4, 0.5) is 5.13 Å². The number of amides is 1. The molecule has 0 radical (unpaired) electrons. The quantitative estimate of drug-likeness (QED) is 0.477. The van der Waals surface area contributed by atoms with Crippen molar-refractivity contribution in [3.8, 4) is 17.5 Å². The largest absolute Gasteiger partial charge is 0.291 e. The molecule has 148 valence electrons. The van der Waals surface area contributed by atoms with Gasteiger partial charge in [0.25, 0.3) is 10.0 Å². The van der Waals surface area contributed by atoms with Crippen LogP contribution in [0.15, 0.2) is 52.9 Å². The van der Waals surface area contributed by atoms with E-state index in [1.54, 1.807) is 10.9 Å². The van der Waals surface area contributed by atoms with E-state index < -0.39 is 10.0 Å². The molecule has 10 heteroatoms. The molecule has 0 fully saturated rings. The second-order valence-corrected chi connectivity index (χ2v) is 8.98. The zero-order chi connectivity index (χ0) is 21.0. The normalized spacial score (nSPS) is 10.9. The molecule has 0 unspecified atom stereocenters. The minimum Gasteiger partial charge on any atom is -0.291 e. The van der Waals surface area contributed by atoms with E-state index in [0.29, 0.717) is 0 Å². The summed E-state index contributed by atoms with van der Waals surface area (Å²) >= 11 is 0.837. The van der Waals surface area contributed by atoms with Crippen molar-refractivity contribution in [3.05, 3.63) is 59.9 Å². The first-order valence-electron chi connectivity index (χ1n) is 8.47. The smallest absolute Gasteiger partial charge is 0.281 e. The topological polar surface area (TPSA) is 116 Å². The van der Waals surface area contributed by atoms with Gasteiger partial charge in [0, 0.05) is 18.8 Å². The van der Waals surface area contributed by atoms with Crippen molar-refractivity contribution in [2.24, 2.45) is 0 Å². The van der Waals surface area contributed by atoms with Crippen molar-refractivity contribution < 1.29 is 13.2 Å². The van der Waals surface area contributed by atoms with E-state index in [4.69, 9.17) is 5.26 Å². The molecule has 0 aliphatic carbocycles. The summed E-state index contributed by atoms with van der Waals surface area (Å²) in [6.45, 7) is 1.51. The number of hydrogen-bond acceptors (Lipinski definition) is 7. The summed E-state index contributed by atoms with van der Waals surface area (Å²) in [6.07, 6.45) is 3.26. The van der Waals surface area contributed by atoms with Gasteiger partial charge in [-0.15, -0.1) is 0 Å². The van der Waals surface area contributed by atoms with Crippen molar-refractivity contribution in [2.75, 3.05) is 11.9 Å². The van der Waals surface area contributed by atoms with Gasteiger partial charge in [0.1, 0.15) is 0 Å². The maximum atomic E-state index is 12.6. The number of pyridine rings is 1. The molecule has 2 aromatic heterocycles. The van der Waals surface area contributed by atoms with Gasteiger partial charge in [-0.3, -0.25) is 14.7 Å². The number of aromatic nitrogens is 2. The first-order chi connectivity index (χ1) is 13.8. The van der Waals surface area contributed by atoms with Crippen LogP contribution in [-0.2, 0) is 21.2 Å². The molecular weight excluding hydrogens is 410 g/mol. The SMILES string of the molecule is Cc1nc(N(C)C(=O)Cc2ccc(-c3ccccn3)cc2)sc1S(=O)(=O)NC#N. The van der Waals surface area contributed by atoms with Gasteiger partial charge < -0.3 is 0 Å². The Morgan fingerprint density at radius 1 is 1.24 bits per heavy atom. The zero-order valence-corrected chi connectivity index (χ0v) is 17.3. The van der Waals surface area contributed by atoms with Crippen molar-refractivity contribution in [1.82, 2.24) is 14.7 Å². The molecule has 1 aromatic carbocycles. The maximum absolute atomic E-state index is 12.6. The molecule has 0 saturated carbocycles. The molecule has 0 aliphatic heterocycles. The van der Waals surface area contributed by atoms with Crippen LogP contribution < -0.4 is 9.62 Å². The Labute approximate surface area is 172 Å². The van der Waals surface area contributed by atoms with Crippen LogP contribution in [0.2, 0.25) is 0 Å². The number of nitrogens with zero attached hydrogens (tertiary/aromatic N) is 4. The van der Waals surface area contributed by atoms with Crippen LogP contribution in [0.3, 0.4) is 0 Å². The number of nitriles is 1. The van der Waals surface area contributed by atoms with E-state index in [2.05, 4.69) is 9.97 Å². The van der Waals surface area contributed by atoms with E-state index >= 15 is 0 Å². The van der Waals surface area contributed by atoms with Crippen LogP contribution in [0.5, 0.6) is 0 Å². The first kappa shape index (κ1) is 20.4. The Morgan fingerprint density at radius 2 is 1.97 bits per heavy atom. The zero-order valence-electron chi connectivity index (χ0n) is 15.7. The number of likely N-dealkylation sites (N-methyl/N-ethyl adjacent to an activating group) is 1. The van der Waals surface area contributed by atoms with E-state index in [-0.39, 0.29) is 27.4 Å². The molecular formula is C19H17N5O3S2. The summed E-state index contributed by atoms with van der Waals surface area (Å²) < 4.78 is 25.7. The lowest BCUT2D eigenvalue weighted by Gasteiger charge is -2.13. The van der Waals surface area contributed by atoms with Gasteiger partial charge in [-0.2, -0.15) is 13.7 Å². The third kappa shape index (κ3) is 4.59. The Balaban J connectivity index is 1.74. The summed E-state index contributed by atoms with van der Waals surface area (Å²) in [5.41, 5.74) is 2.84. The summed E-state index contributed by atoms with van der Waals surface area (Å²) in [7, 11) is -2.43. The maximum Gasteiger partial charge on any atom is 0.281 e. The number of hydrogen-bond donors (Lipinski definition) is 1. The molecule has 2 heterocycles. The molecule has 1 amide bonds. The fourth-order valence-corrected chi connectivity index (χ4v) is 4.81. The lowest BCUT2D eigenvalue weighted by molar-refractivity contribution is -0.117. The number of carbonyl (C=O) groups is 1. The van der Waals surface area contributed by atoms with Crippen molar-refractivity contribution in [1.29, 1.82) is 5.26 Å². The average Bonchev–Trinajstić information content (AvgIpc) is 3.11. The Kier molecular flexibility index (Phi) is 5.91. The lowest BCUT2D eigenvalue weighted by Crippen LogP contribution is -2.27. The fraction of sp³-hybridized carbons (Fsp3) is 0.158. The second kappa shape index (κ2) is 8.38. The molecule has 0 atom stereocenters. The number of anilines is 1. The number of sulfonamides is 1. The van der Waals surface area contributed by atoms with Crippen molar-refractivity contribution >= 4 is 32.4 Å². The van der Waals surface area contributed by atoms with Crippen molar-refractivity contribution in [3.63, 3.8) is 0 Å². The van der Waals surface area contributed by atoms with E-state index in [0.717, 1.165) is 28.2 Å². The lowest BCUT2D eigenvalue weighted by atomic mass is 10.1. The highest BCUT2D eigenvalue weighted by Gasteiger charge is 2.24. The van der Waals surface area contributed by atoms with Gasteiger partial charge in [-0.25, -0.2) is 9.71 Å². The van der Waals surface area contributed by atoms with E-state index in [1.807, 2.05) is 42.5 Å². The molecule has 3 aromatic rings. The van der Waals surface area contributed by atoms with Gasteiger partial charge in [-0.1, -0.05) is 41.7 Å². The number of nitrogens with one attached hydrogen (secondary N) is 1. The number of thiazole rings is 1. The van der Waals surface area contributed by atoms with E-state index in [9.17, 15) is 13.2 Å². The second-order valence-electron chi connectivity index (χ2n) is 6.13. The highest BCUT2D eigenvalue weighted by Crippen LogP contribution is 2.29. The first-order valence-corrected chi connectivity index (χ1v) is 10.8. The number of aryl methyl sites for hydroxylation is 1. The van der Waals surface area contributed by atoms with Gasteiger partial charge in [0.05, 0.1) is 17.8 Å². The van der Waals surface area contributed by atoms with Crippen LogP contribution in [0.25, 0.3) is 11.3 Å². The van der Waals surface area contributed by atoms with Gasteiger partial charge in [0.15, 0.2) is 15.5 Å². The Bertz CT molecular complexity index is 1170. The number of benzene rings is 1. The molecule has 0 aliphatic rings. The molecule has 29 heavy (non-hydrogen) atoms. The average molecular weight is 428 g/mol. The fourth-order valence-electron chi connectivity index (χ4n) is 2.59. The van der Waals surface area contributed by atoms with Crippen LogP contribution in [0.1, 0.15) is 11.3 Å². The summed E-state index contributed by atoms with van der Waals surface area (Å²) in [5.74, 6) is -0.235. The molecule has 3 rings (SSSR count). The van der Waals surface area contributed by atoms with Crippen molar-refractivity contribution in [2.45, 2.75) is 17.6 Å². The van der Waals surface area contributed by atoms with Crippen LogP contribution >= 0.6 is 11.3 Å². The predicted molar refractivity (Wildman–Crippen MR) is 110 cm³/mol. The highest BCUT2D eigenvalue weighted by molar-refractivity contribution is 7.91. The molecule has 0 saturated heterocycles. The molecule has 0 spiro atoms. The van der Waals surface area contributed by atoms with Gasteiger partial charge >= 0.3 is 0 Å². The van der Waals surface area contributed by atoms with Crippen LogP contribution in [-0.4, -0.2) is 31.3 Å².